The van der Waals surface area contributed by atoms with Gasteiger partial charge >= 0.3 is 5.97 Å². The second-order valence-electron chi connectivity index (χ2n) is 6.43. The Morgan fingerprint density at radius 2 is 2.21 bits per heavy atom. The molecule has 1 aromatic rings. The summed E-state index contributed by atoms with van der Waals surface area (Å²) in [6.45, 7) is 2.74. The number of benzene rings is 1. The van der Waals surface area contributed by atoms with E-state index in [9.17, 15) is 24.8 Å². The Bertz CT molecular complexity index is 719. The van der Waals surface area contributed by atoms with Gasteiger partial charge in [0.2, 0.25) is 0 Å². The Balaban J connectivity index is 1.85. The lowest BCUT2D eigenvalue weighted by molar-refractivity contribution is -0.385. The molecule has 128 valence electrons. The highest BCUT2D eigenvalue weighted by molar-refractivity contribution is 5.95. The van der Waals surface area contributed by atoms with Gasteiger partial charge in [-0.2, -0.15) is 0 Å². The van der Waals surface area contributed by atoms with Crippen molar-refractivity contribution in [1.29, 1.82) is 0 Å². The third kappa shape index (κ3) is 2.52. The lowest BCUT2D eigenvalue weighted by Gasteiger charge is -2.33. The number of nitro benzene ring substituents is 1. The highest BCUT2D eigenvalue weighted by Gasteiger charge is 2.54. The molecule has 24 heavy (non-hydrogen) atoms. The number of amides is 1. The largest absolute Gasteiger partial charge is 0.481 e. The van der Waals surface area contributed by atoms with Gasteiger partial charge in [-0.1, -0.05) is 0 Å². The zero-order valence-electron chi connectivity index (χ0n) is 13.2. The summed E-state index contributed by atoms with van der Waals surface area (Å²) >= 11 is 0. The number of nitrogens with zero attached hydrogens (tertiary/aromatic N) is 2. The standard InChI is InChI=1S/C16H18N2O6/c1-10-6-11(2-3-13(10)18(22)23)14(19)17-7-12-8-24-5-4-16(12,9-17)15(20)21/h2-3,6,12H,4-5,7-9H2,1H3,(H,20,21)/t12-,16+/m0/s1. The maximum atomic E-state index is 12.7. The fourth-order valence-electron chi connectivity index (χ4n) is 3.63. The predicted molar refractivity (Wildman–Crippen MR) is 82.7 cm³/mol. The lowest BCUT2D eigenvalue weighted by atomic mass is 9.74. The van der Waals surface area contributed by atoms with E-state index in [1.165, 1.54) is 23.1 Å². The molecule has 2 aliphatic heterocycles. The maximum Gasteiger partial charge on any atom is 0.311 e. The van der Waals surface area contributed by atoms with Crippen LogP contribution in [0, 0.1) is 28.4 Å². The number of ether oxygens (including phenoxy) is 1. The molecule has 0 aliphatic carbocycles. The second-order valence-corrected chi connectivity index (χ2v) is 6.43. The van der Waals surface area contributed by atoms with Crippen LogP contribution < -0.4 is 0 Å². The minimum atomic E-state index is -0.955. The Kier molecular flexibility index (Phi) is 4.00. The van der Waals surface area contributed by atoms with Crippen molar-refractivity contribution in [3.8, 4) is 0 Å². The van der Waals surface area contributed by atoms with Crippen LogP contribution in [0.4, 0.5) is 5.69 Å². The van der Waals surface area contributed by atoms with Gasteiger partial charge in [0.15, 0.2) is 0 Å². The molecule has 0 bridgehead atoms. The predicted octanol–water partition coefficient (Wildman–Crippen LogP) is 1.47. The van der Waals surface area contributed by atoms with Crippen LogP contribution in [-0.2, 0) is 9.53 Å². The van der Waals surface area contributed by atoms with Crippen molar-refractivity contribution in [2.75, 3.05) is 26.3 Å². The number of carbonyl (C=O) groups excluding carboxylic acids is 1. The van der Waals surface area contributed by atoms with E-state index in [1.807, 2.05) is 0 Å². The van der Waals surface area contributed by atoms with Gasteiger partial charge in [-0.3, -0.25) is 19.7 Å². The maximum absolute atomic E-state index is 12.7. The molecule has 1 N–H and O–H groups in total. The molecule has 2 heterocycles. The number of carboxylic acids is 1. The van der Waals surface area contributed by atoms with Gasteiger partial charge in [0.1, 0.15) is 0 Å². The van der Waals surface area contributed by atoms with E-state index in [-0.39, 0.29) is 24.1 Å². The van der Waals surface area contributed by atoms with Crippen LogP contribution in [0.25, 0.3) is 0 Å². The Morgan fingerprint density at radius 1 is 1.46 bits per heavy atom. The number of aryl methyl sites for hydroxylation is 1. The molecule has 8 heteroatoms. The zero-order chi connectivity index (χ0) is 17.5. The van der Waals surface area contributed by atoms with Crippen molar-refractivity contribution in [3.63, 3.8) is 0 Å². The van der Waals surface area contributed by atoms with Crippen LogP contribution in [0.1, 0.15) is 22.3 Å². The molecule has 2 saturated heterocycles. The Hall–Kier alpha value is -2.48. The fourth-order valence-corrected chi connectivity index (χ4v) is 3.63. The molecule has 2 fully saturated rings. The van der Waals surface area contributed by atoms with Gasteiger partial charge in [-0.25, -0.2) is 0 Å². The topological polar surface area (TPSA) is 110 Å². The summed E-state index contributed by atoms with van der Waals surface area (Å²) in [6, 6.07) is 4.20. The van der Waals surface area contributed by atoms with Crippen molar-refractivity contribution in [2.24, 2.45) is 11.3 Å². The molecule has 0 unspecified atom stereocenters. The van der Waals surface area contributed by atoms with E-state index in [4.69, 9.17) is 4.74 Å². The van der Waals surface area contributed by atoms with E-state index in [1.54, 1.807) is 6.92 Å². The Morgan fingerprint density at radius 3 is 2.79 bits per heavy atom. The number of nitro groups is 1. The monoisotopic (exact) mass is 334 g/mol. The van der Waals surface area contributed by atoms with Crippen molar-refractivity contribution >= 4 is 17.6 Å². The summed E-state index contributed by atoms with van der Waals surface area (Å²) in [7, 11) is 0. The second kappa shape index (κ2) is 5.86. The number of likely N-dealkylation sites (tertiary alicyclic amines) is 1. The normalized spacial score (nSPS) is 26.0. The van der Waals surface area contributed by atoms with Crippen LogP contribution in [0.3, 0.4) is 0 Å². The summed E-state index contributed by atoms with van der Waals surface area (Å²) in [5.41, 5.74) is -0.266. The van der Waals surface area contributed by atoms with Gasteiger partial charge in [0.05, 0.1) is 16.9 Å². The van der Waals surface area contributed by atoms with E-state index in [0.29, 0.717) is 37.3 Å². The fraction of sp³-hybridized carbons (Fsp3) is 0.500. The minimum Gasteiger partial charge on any atom is -0.481 e. The molecule has 0 radical (unpaired) electrons. The molecule has 2 atom stereocenters. The highest BCUT2D eigenvalue weighted by Crippen LogP contribution is 2.42. The first-order chi connectivity index (χ1) is 11.3. The highest BCUT2D eigenvalue weighted by atomic mass is 16.6. The van der Waals surface area contributed by atoms with Crippen LogP contribution in [0.5, 0.6) is 0 Å². The third-order valence-electron chi connectivity index (χ3n) is 5.06. The average Bonchev–Trinajstić information content (AvgIpc) is 2.94. The average molecular weight is 334 g/mol. The van der Waals surface area contributed by atoms with E-state index in [0.717, 1.165) is 0 Å². The van der Waals surface area contributed by atoms with E-state index in [2.05, 4.69) is 0 Å². The van der Waals surface area contributed by atoms with Gasteiger partial charge in [0.25, 0.3) is 11.6 Å². The summed E-state index contributed by atoms with van der Waals surface area (Å²) in [6.07, 6.45) is 0.385. The molecule has 0 spiro atoms. The smallest absolute Gasteiger partial charge is 0.311 e. The van der Waals surface area contributed by atoms with Gasteiger partial charge in [-0.05, 0) is 25.5 Å². The lowest BCUT2D eigenvalue weighted by Crippen LogP contribution is -2.45. The van der Waals surface area contributed by atoms with Gasteiger partial charge in [-0.15, -0.1) is 0 Å². The van der Waals surface area contributed by atoms with Crippen molar-refractivity contribution in [1.82, 2.24) is 4.90 Å². The van der Waals surface area contributed by atoms with E-state index < -0.39 is 16.3 Å². The first-order valence-corrected chi connectivity index (χ1v) is 7.70. The molecular weight excluding hydrogens is 316 g/mol. The van der Waals surface area contributed by atoms with Gasteiger partial charge < -0.3 is 14.7 Å². The summed E-state index contributed by atoms with van der Waals surface area (Å²) < 4.78 is 5.38. The molecule has 1 amide bonds. The molecule has 2 aliphatic rings. The molecule has 0 saturated carbocycles. The minimum absolute atomic E-state index is 0.0444. The van der Waals surface area contributed by atoms with Gasteiger partial charge in [0, 0.05) is 42.8 Å². The molecule has 1 aromatic carbocycles. The number of fused-ring (bicyclic) bond motifs is 1. The van der Waals surface area contributed by atoms with Crippen molar-refractivity contribution in [2.45, 2.75) is 13.3 Å². The number of hydrogen-bond acceptors (Lipinski definition) is 5. The van der Waals surface area contributed by atoms with Crippen molar-refractivity contribution < 1.29 is 24.4 Å². The molecule has 8 nitrogen and oxygen atoms in total. The number of carboxylic acid groups (broad SMARTS) is 1. The number of hydrogen-bond donors (Lipinski definition) is 1. The molecule has 0 aromatic heterocycles. The van der Waals surface area contributed by atoms with Crippen molar-refractivity contribution in [3.05, 3.63) is 39.4 Å². The van der Waals surface area contributed by atoms with E-state index >= 15 is 0 Å². The number of aliphatic carboxylic acids is 1. The summed E-state index contributed by atoms with van der Waals surface area (Å²) in [4.78, 5) is 36.4. The SMILES string of the molecule is Cc1cc(C(=O)N2C[C@H]3COCC[C@@]3(C(=O)O)C2)ccc1[N+](=O)[O-]. The van der Waals surface area contributed by atoms with Crippen LogP contribution in [0.2, 0.25) is 0 Å². The zero-order valence-corrected chi connectivity index (χ0v) is 13.2. The first kappa shape index (κ1) is 16.4. The molecular formula is C16H18N2O6. The summed E-state index contributed by atoms with van der Waals surface area (Å²) in [5.74, 6) is -1.43. The number of rotatable bonds is 3. The Labute approximate surface area is 138 Å². The van der Waals surface area contributed by atoms with Crippen LogP contribution >= 0.6 is 0 Å². The third-order valence-corrected chi connectivity index (χ3v) is 5.06. The summed E-state index contributed by atoms with van der Waals surface area (Å²) in [5, 5.41) is 20.5. The quantitative estimate of drug-likeness (QED) is 0.662. The van der Waals surface area contributed by atoms with Crippen LogP contribution in [0.15, 0.2) is 18.2 Å². The number of carbonyl (C=O) groups is 2. The van der Waals surface area contributed by atoms with Crippen LogP contribution in [-0.4, -0.2) is 53.1 Å². The first-order valence-electron chi connectivity index (χ1n) is 7.70. The molecule has 3 rings (SSSR count).